The molecule has 0 amide bonds. The number of rotatable bonds is 29. The molecule has 0 aromatic carbocycles. The molecule has 0 unspecified atom stereocenters. The lowest BCUT2D eigenvalue weighted by Gasteiger charge is -2.27. The minimum Gasteiger partial charge on any atom is -0.464 e. The summed E-state index contributed by atoms with van der Waals surface area (Å²) in [5.74, 6) is 0.611. The fourth-order valence-corrected chi connectivity index (χ4v) is 5.75. The number of nitrogens with one attached hydrogen (secondary N) is 1. The van der Waals surface area contributed by atoms with Gasteiger partial charge in [0.25, 0.3) is 0 Å². The van der Waals surface area contributed by atoms with E-state index in [2.05, 4.69) is 24.1 Å². The third-order valence-electron chi connectivity index (χ3n) is 8.62. The van der Waals surface area contributed by atoms with Gasteiger partial charge in [-0.15, -0.1) is 0 Å². The summed E-state index contributed by atoms with van der Waals surface area (Å²) in [7, 11) is 0. The van der Waals surface area contributed by atoms with Crippen LogP contribution in [-0.2, 0) is 19.1 Å². The van der Waals surface area contributed by atoms with Crippen LogP contribution in [0.15, 0.2) is 0 Å². The zero-order valence-corrected chi connectivity index (χ0v) is 27.4. The molecule has 0 radical (unpaired) electrons. The topological polar surface area (TPSA) is 67.9 Å². The number of ether oxygens (including phenoxy) is 2. The van der Waals surface area contributed by atoms with Gasteiger partial charge in [-0.1, -0.05) is 117 Å². The van der Waals surface area contributed by atoms with E-state index in [4.69, 9.17) is 9.47 Å². The van der Waals surface area contributed by atoms with E-state index in [0.717, 1.165) is 57.7 Å². The number of unbranched alkanes of at least 4 members (excludes halogenated alkanes) is 16. The Balaban J connectivity index is 2.17. The summed E-state index contributed by atoms with van der Waals surface area (Å²) in [6.45, 7) is 9.97. The molecule has 1 N–H and O–H groups in total. The van der Waals surface area contributed by atoms with Crippen molar-refractivity contribution in [3.8, 4) is 0 Å². The number of esters is 2. The maximum Gasteiger partial charge on any atom is 0.305 e. The van der Waals surface area contributed by atoms with Crippen LogP contribution in [0.1, 0.15) is 162 Å². The second kappa shape index (κ2) is 29.0. The first kappa shape index (κ1) is 37.9. The van der Waals surface area contributed by atoms with Gasteiger partial charge in [0.15, 0.2) is 0 Å². The fourth-order valence-electron chi connectivity index (χ4n) is 5.75. The van der Waals surface area contributed by atoms with Gasteiger partial charge in [-0.05, 0) is 57.7 Å². The molecule has 1 rings (SSSR count). The molecule has 41 heavy (non-hydrogen) atoms. The van der Waals surface area contributed by atoms with Gasteiger partial charge in [-0.2, -0.15) is 0 Å². The Morgan fingerprint density at radius 2 is 0.976 bits per heavy atom. The van der Waals surface area contributed by atoms with E-state index in [1.165, 1.54) is 103 Å². The molecular weight excluding hydrogens is 512 g/mol. The molecule has 1 aliphatic heterocycles. The average Bonchev–Trinajstić information content (AvgIpc) is 2.98. The van der Waals surface area contributed by atoms with E-state index in [1.807, 2.05) is 0 Å². The molecule has 6 heteroatoms. The number of hydrogen-bond acceptors (Lipinski definition) is 6. The number of carbonyl (C=O) groups is 2. The van der Waals surface area contributed by atoms with Crippen molar-refractivity contribution in [2.24, 2.45) is 5.92 Å². The monoisotopic (exact) mass is 581 g/mol. The van der Waals surface area contributed by atoms with Crippen molar-refractivity contribution in [1.82, 2.24) is 10.2 Å². The lowest BCUT2D eigenvalue weighted by Crippen LogP contribution is -2.35. The van der Waals surface area contributed by atoms with E-state index in [-0.39, 0.29) is 11.9 Å². The molecule has 0 bridgehead atoms. The Morgan fingerprint density at radius 1 is 0.585 bits per heavy atom. The summed E-state index contributed by atoms with van der Waals surface area (Å²) in [5, 5.41) is 3.44. The van der Waals surface area contributed by atoms with Gasteiger partial charge in [0.2, 0.25) is 0 Å². The molecule has 0 aliphatic carbocycles. The van der Waals surface area contributed by atoms with Gasteiger partial charge in [0.05, 0.1) is 0 Å². The molecule has 0 atom stereocenters. The highest BCUT2D eigenvalue weighted by molar-refractivity contribution is 5.69. The first-order valence-corrected chi connectivity index (χ1v) is 17.9. The number of carbonyl (C=O) groups excluding carboxylic acids is 2. The van der Waals surface area contributed by atoms with Gasteiger partial charge in [0, 0.05) is 25.9 Å². The van der Waals surface area contributed by atoms with Gasteiger partial charge >= 0.3 is 11.9 Å². The normalized spacial score (nSPS) is 14.0. The molecule has 1 aliphatic rings. The molecule has 1 fully saturated rings. The molecule has 1 saturated heterocycles. The third kappa shape index (κ3) is 25.1. The van der Waals surface area contributed by atoms with E-state index >= 15 is 0 Å². The highest BCUT2D eigenvalue weighted by Crippen LogP contribution is 2.17. The minimum atomic E-state index is -0.0707. The maximum atomic E-state index is 12.2. The Hall–Kier alpha value is -1.14. The van der Waals surface area contributed by atoms with Crippen LogP contribution in [0, 0.1) is 5.92 Å². The second-order valence-electron chi connectivity index (χ2n) is 12.4. The van der Waals surface area contributed by atoms with E-state index in [9.17, 15) is 9.59 Å². The molecule has 0 spiro atoms. The van der Waals surface area contributed by atoms with E-state index < -0.39 is 0 Å². The molecule has 0 saturated carbocycles. The lowest BCUT2D eigenvalue weighted by atomic mass is 9.94. The Labute approximate surface area is 254 Å². The SMILES string of the molecule is CCCCCCCCCCCC(=O)OCCN(CCOC(=O)CCCCCCCCCCC)CCC1CCNCC1. The zero-order chi connectivity index (χ0) is 29.6. The number of hydrogen-bond donors (Lipinski definition) is 1. The van der Waals surface area contributed by atoms with Gasteiger partial charge in [-0.3, -0.25) is 14.5 Å². The fraction of sp³-hybridized carbons (Fsp3) is 0.943. The van der Waals surface area contributed by atoms with Crippen LogP contribution in [0.25, 0.3) is 0 Å². The molecule has 0 aromatic heterocycles. The zero-order valence-electron chi connectivity index (χ0n) is 27.4. The van der Waals surface area contributed by atoms with Crippen LogP contribution >= 0.6 is 0 Å². The molecule has 1 heterocycles. The summed E-state index contributed by atoms with van der Waals surface area (Å²) in [4.78, 5) is 26.8. The van der Waals surface area contributed by atoms with Gasteiger partial charge in [0.1, 0.15) is 13.2 Å². The Kier molecular flexibility index (Phi) is 26.8. The molecule has 6 nitrogen and oxygen atoms in total. The lowest BCUT2D eigenvalue weighted by molar-refractivity contribution is -0.144. The van der Waals surface area contributed by atoms with Crippen LogP contribution in [0.3, 0.4) is 0 Å². The first-order chi connectivity index (χ1) is 20.2. The van der Waals surface area contributed by atoms with Crippen molar-refractivity contribution in [3.63, 3.8) is 0 Å². The highest BCUT2D eigenvalue weighted by Gasteiger charge is 2.16. The second-order valence-corrected chi connectivity index (χ2v) is 12.4. The van der Waals surface area contributed by atoms with Crippen molar-refractivity contribution in [2.75, 3.05) is 45.9 Å². The summed E-state index contributed by atoms with van der Waals surface area (Å²) in [6.07, 6.45) is 27.2. The summed E-state index contributed by atoms with van der Waals surface area (Å²) in [5.41, 5.74) is 0. The van der Waals surface area contributed by atoms with Crippen molar-refractivity contribution in [3.05, 3.63) is 0 Å². The quantitative estimate of drug-likeness (QED) is 0.0706. The Bertz CT molecular complexity index is 555. The van der Waals surface area contributed by atoms with E-state index in [1.54, 1.807) is 0 Å². The smallest absolute Gasteiger partial charge is 0.305 e. The summed E-state index contributed by atoms with van der Waals surface area (Å²) in [6, 6.07) is 0. The molecule has 0 aromatic rings. The largest absolute Gasteiger partial charge is 0.464 e. The third-order valence-corrected chi connectivity index (χ3v) is 8.62. The summed E-state index contributed by atoms with van der Waals surface area (Å²) >= 11 is 0. The van der Waals surface area contributed by atoms with Crippen LogP contribution < -0.4 is 5.32 Å². The predicted octanol–water partition coefficient (Wildman–Crippen LogP) is 8.61. The van der Waals surface area contributed by atoms with Crippen molar-refractivity contribution < 1.29 is 19.1 Å². The molecule has 242 valence electrons. The van der Waals surface area contributed by atoms with Crippen LogP contribution in [0.2, 0.25) is 0 Å². The molecular formula is C35H68N2O4. The minimum absolute atomic E-state index is 0.0707. The summed E-state index contributed by atoms with van der Waals surface area (Å²) < 4.78 is 11.2. The Morgan fingerprint density at radius 3 is 1.39 bits per heavy atom. The van der Waals surface area contributed by atoms with E-state index in [0.29, 0.717) is 39.1 Å². The highest BCUT2D eigenvalue weighted by atomic mass is 16.5. The van der Waals surface area contributed by atoms with Crippen LogP contribution in [0.5, 0.6) is 0 Å². The predicted molar refractivity (Wildman–Crippen MR) is 172 cm³/mol. The van der Waals surface area contributed by atoms with Crippen molar-refractivity contribution >= 4 is 11.9 Å². The standard InChI is InChI=1S/C35H68N2O4/c1-3-5-7-9-11-13-15-17-19-21-34(38)40-31-29-37(28-25-33-23-26-36-27-24-33)30-32-41-35(39)22-20-18-16-14-12-10-8-6-4-2/h33,36H,3-32H2,1-2H3. The van der Waals surface area contributed by atoms with Crippen LogP contribution in [0.4, 0.5) is 0 Å². The number of nitrogens with zero attached hydrogens (tertiary/aromatic N) is 1. The van der Waals surface area contributed by atoms with Gasteiger partial charge < -0.3 is 14.8 Å². The number of piperidine rings is 1. The first-order valence-electron chi connectivity index (χ1n) is 17.9. The maximum absolute atomic E-state index is 12.2. The van der Waals surface area contributed by atoms with Crippen LogP contribution in [-0.4, -0.2) is 62.8 Å². The van der Waals surface area contributed by atoms with Crippen molar-refractivity contribution in [1.29, 1.82) is 0 Å². The van der Waals surface area contributed by atoms with Crippen molar-refractivity contribution in [2.45, 2.75) is 162 Å². The van der Waals surface area contributed by atoms with Gasteiger partial charge in [-0.25, -0.2) is 0 Å². The average molecular weight is 581 g/mol.